The number of amides is 1. The van der Waals surface area contributed by atoms with E-state index < -0.39 is 12.2 Å². The average molecular weight is 232 g/mol. The quantitative estimate of drug-likeness (QED) is 0.376. The fraction of sp³-hybridized carbons (Fsp3) is 0.167. The van der Waals surface area contributed by atoms with Gasteiger partial charge in [0.15, 0.2) is 22.5 Å². The number of halogens is 1. The van der Waals surface area contributed by atoms with Crippen molar-refractivity contribution >= 4 is 29.1 Å². The Labute approximate surface area is 90.0 Å². The number of anilines is 2. The van der Waals surface area contributed by atoms with Crippen LogP contribution in [-0.4, -0.2) is 22.2 Å². The van der Waals surface area contributed by atoms with Crippen LogP contribution >= 0.6 is 11.6 Å². The van der Waals surface area contributed by atoms with Crippen LogP contribution in [0.15, 0.2) is 0 Å². The summed E-state index contributed by atoms with van der Waals surface area (Å²) in [5, 5.41) is 2.07. The molecule has 82 valence electrons. The molecule has 0 aliphatic carbocycles. The molecular weight excluding hydrogens is 222 g/mol. The number of nitrogen functional groups attached to an aromatic ring is 2. The third kappa shape index (κ3) is 2.65. The lowest BCUT2D eigenvalue weighted by molar-refractivity contribution is 0.0935. The summed E-state index contributed by atoms with van der Waals surface area (Å²) in [6.45, 7) is 0. The Kier molecular flexibility index (Phi) is 3.24. The standard InChI is InChI=1S/C6H10ClN7O/c7-2-4(9)13-3(8)1(12-2)5(15)14-6(10)11/h6H,10-11H2,(H,14,15)(H4,8,9,13). The summed E-state index contributed by atoms with van der Waals surface area (Å²) in [5.74, 6) is -0.866. The molecule has 0 saturated heterocycles. The summed E-state index contributed by atoms with van der Waals surface area (Å²) in [6, 6.07) is 0. The zero-order chi connectivity index (χ0) is 11.6. The van der Waals surface area contributed by atoms with Gasteiger partial charge in [0, 0.05) is 0 Å². The second-order valence-electron chi connectivity index (χ2n) is 2.63. The van der Waals surface area contributed by atoms with Crippen molar-refractivity contribution in [2.24, 2.45) is 11.5 Å². The molecule has 0 aliphatic rings. The molecule has 0 bridgehead atoms. The summed E-state index contributed by atoms with van der Waals surface area (Å²) in [6.07, 6.45) is -1.02. The fourth-order valence-corrected chi connectivity index (χ4v) is 0.955. The van der Waals surface area contributed by atoms with Crippen LogP contribution in [0.5, 0.6) is 0 Å². The minimum Gasteiger partial charge on any atom is -0.382 e. The van der Waals surface area contributed by atoms with Crippen molar-refractivity contribution in [2.75, 3.05) is 11.5 Å². The number of hydrogen-bond acceptors (Lipinski definition) is 7. The van der Waals surface area contributed by atoms with Crippen molar-refractivity contribution in [1.29, 1.82) is 0 Å². The van der Waals surface area contributed by atoms with E-state index in [4.69, 9.17) is 34.5 Å². The number of rotatable bonds is 2. The van der Waals surface area contributed by atoms with Crippen LogP contribution in [-0.2, 0) is 0 Å². The summed E-state index contributed by atoms with van der Waals surface area (Å²) >= 11 is 5.57. The second-order valence-corrected chi connectivity index (χ2v) is 2.99. The van der Waals surface area contributed by atoms with Gasteiger partial charge in [0.1, 0.15) is 6.29 Å². The van der Waals surface area contributed by atoms with Crippen molar-refractivity contribution in [3.8, 4) is 0 Å². The monoisotopic (exact) mass is 231 g/mol. The first-order valence-electron chi connectivity index (χ1n) is 3.82. The third-order valence-electron chi connectivity index (χ3n) is 1.42. The van der Waals surface area contributed by atoms with Gasteiger partial charge in [0.25, 0.3) is 5.91 Å². The molecule has 0 aliphatic heterocycles. The normalized spacial score (nSPS) is 10.4. The van der Waals surface area contributed by atoms with E-state index >= 15 is 0 Å². The minimum absolute atomic E-state index is 0.0530. The second kappa shape index (κ2) is 4.26. The number of hydrogen-bond donors (Lipinski definition) is 5. The number of nitrogens with one attached hydrogen (secondary N) is 1. The first kappa shape index (κ1) is 11.4. The highest BCUT2D eigenvalue weighted by Gasteiger charge is 2.16. The van der Waals surface area contributed by atoms with Gasteiger partial charge < -0.3 is 16.8 Å². The lowest BCUT2D eigenvalue weighted by atomic mass is 10.4. The van der Waals surface area contributed by atoms with Crippen molar-refractivity contribution in [1.82, 2.24) is 15.3 Å². The number of carbonyl (C=O) groups is 1. The third-order valence-corrected chi connectivity index (χ3v) is 1.70. The van der Waals surface area contributed by atoms with Gasteiger partial charge in [0.2, 0.25) is 0 Å². The van der Waals surface area contributed by atoms with Crippen LogP contribution < -0.4 is 28.3 Å². The van der Waals surface area contributed by atoms with Gasteiger partial charge in [-0.05, 0) is 0 Å². The smallest absolute Gasteiger partial charge is 0.276 e. The molecule has 15 heavy (non-hydrogen) atoms. The molecule has 1 rings (SSSR count). The molecule has 0 spiro atoms. The Balaban J connectivity index is 3.04. The molecule has 8 nitrogen and oxygen atoms in total. The van der Waals surface area contributed by atoms with E-state index in [1.54, 1.807) is 0 Å². The van der Waals surface area contributed by atoms with Crippen LogP contribution in [0.1, 0.15) is 10.5 Å². The molecule has 1 aromatic heterocycles. The van der Waals surface area contributed by atoms with Crippen molar-refractivity contribution in [3.05, 3.63) is 10.8 Å². The lowest BCUT2D eigenvalue weighted by Gasteiger charge is -2.09. The molecule has 1 amide bonds. The van der Waals surface area contributed by atoms with Crippen molar-refractivity contribution < 1.29 is 4.79 Å². The number of nitrogens with two attached hydrogens (primary N) is 4. The predicted octanol–water partition coefficient (Wildman–Crippen LogP) is -1.77. The van der Waals surface area contributed by atoms with Crippen molar-refractivity contribution in [2.45, 2.75) is 6.29 Å². The highest BCUT2D eigenvalue weighted by atomic mass is 35.5. The zero-order valence-electron chi connectivity index (χ0n) is 7.57. The van der Waals surface area contributed by atoms with E-state index in [-0.39, 0.29) is 22.5 Å². The maximum atomic E-state index is 11.4. The first-order chi connectivity index (χ1) is 6.91. The Morgan fingerprint density at radius 2 is 1.87 bits per heavy atom. The van der Waals surface area contributed by atoms with Gasteiger partial charge in [-0.2, -0.15) is 0 Å². The van der Waals surface area contributed by atoms with Gasteiger partial charge >= 0.3 is 0 Å². The molecule has 0 aromatic carbocycles. The van der Waals surface area contributed by atoms with Crippen LogP contribution in [0, 0.1) is 0 Å². The van der Waals surface area contributed by atoms with Gasteiger partial charge in [0.05, 0.1) is 0 Å². The van der Waals surface area contributed by atoms with Gasteiger partial charge in [-0.1, -0.05) is 11.6 Å². The molecule has 9 N–H and O–H groups in total. The van der Waals surface area contributed by atoms with E-state index in [9.17, 15) is 4.79 Å². The fourth-order valence-electron chi connectivity index (χ4n) is 0.828. The maximum Gasteiger partial charge on any atom is 0.276 e. The Bertz CT molecular complexity index is 393. The summed E-state index contributed by atoms with van der Waals surface area (Å²) in [7, 11) is 0. The van der Waals surface area contributed by atoms with Gasteiger partial charge in [-0.15, -0.1) is 0 Å². The van der Waals surface area contributed by atoms with Crippen LogP contribution in [0.2, 0.25) is 5.15 Å². The van der Waals surface area contributed by atoms with E-state index in [0.29, 0.717) is 0 Å². The van der Waals surface area contributed by atoms with Crippen molar-refractivity contribution in [3.63, 3.8) is 0 Å². The number of carbonyl (C=O) groups excluding carboxylic acids is 1. The van der Waals surface area contributed by atoms with Crippen LogP contribution in [0.25, 0.3) is 0 Å². The van der Waals surface area contributed by atoms with E-state index in [2.05, 4.69) is 15.3 Å². The topological polar surface area (TPSA) is 159 Å². The largest absolute Gasteiger partial charge is 0.382 e. The lowest BCUT2D eigenvalue weighted by Crippen LogP contribution is -2.48. The van der Waals surface area contributed by atoms with Crippen LogP contribution in [0.3, 0.4) is 0 Å². The molecule has 1 aromatic rings. The molecule has 0 saturated carbocycles. The molecule has 0 fully saturated rings. The molecular formula is C6H10ClN7O. The summed E-state index contributed by atoms with van der Waals surface area (Å²) < 4.78 is 0. The highest BCUT2D eigenvalue weighted by Crippen LogP contribution is 2.16. The predicted molar refractivity (Wildman–Crippen MR) is 55.5 cm³/mol. The average Bonchev–Trinajstić information content (AvgIpc) is 2.09. The molecule has 9 heteroatoms. The molecule has 0 atom stereocenters. The number of aromatic nitrogens is 2. The maximum absolute atomic E-state index is 11.4. The van der Waals surface area contributed by atoms with E-state index in [1.807, 2.05) is 0 Å². The SMILES string of the molecule is Nc1nc(N)c(C(=O)NC(N)N)nc1Cl. The van der Waals surface area contributed by atoms with Gasteiger partial charge in [-0.25, -0.2) is 9.97 Å². The summed E-state index contributed by atoms with van der Waals surface area (Å²) in [5.41, 5.74) is 20.9. The van der Waals surface area contributed by atoms with E-state index in [1.165, 1.54) is 0 Å². The van der Waals surface area contributed by atoms with E-state index in [0.717, 1.165) is 0 Å². The molecule has 0 unspecified atom stereocenters. The molecule has 0 radical (unpaired) electrons. The van der Waals surface area contributed by atoms with Crippen LogP contribution in [0.4, 0.5) is 11.6 Å². The Morgan fingerprint density at radius 1 is 1.27 bits per heavy atom. The number of nitrogens with zero attached hydrogens (tertiary/aromatic N) is 2. The van der Waals surface area contributed by atoms with Gasteiger partial charge in [-0.3, -0.25) is 16.3 Å². The first-order valence-corrected chi connectivity index (χ1v) is 4.20. The Hall–Kier alpha value is -1.64. The minimum atomic E-state index is -1.02. The Morgan fingerprint density at radius 3 is 2.40 bits per heavy atom. The summed E-state index contributed by atoms with van der Waals surface area (Å²) in [4.78, 5) is 18.7. The highest BCUT2D eigenvalue weighted by molar-refractivity contribution is 6.31. The molecule has 1 heterocycles. The zero-order valence-corrected chi connectivity index (χ0v) is 8.32.